The second kappa shape index (κ2) is 16.0. The molecule has 0 bridgehead atoms. The number of hydrogen-bond donors (Lipinski definition) is 2. The Kier molecular flexibility index (Phi) is 10.8. The van der Waals surface area contributed by atoms with E-state index in [1.807, 2.05) is 30.3 Å². The minimum atomic E-state index is -0.573. The minimum Gasteiger partial charge on any atom is -0.392 e. The largest absolute Gasteiger partial charge is 0.392 e. The minimum absolute atomic E-state index is 0.000469. The van der Waals surface area contributed by atoms with E-state index >= 15 is 0 Å². The molecule has 2 heterocycles. The number of nitrogens with one attached hydrogen (secondary N) is 1. The summed E-state index contributed by atoms with van der Waals surface area (Å²) in [7, 11) is 2.16. The summed E-state index contributed by atoms with van der Waals surface area (Å²) in [4.78, 5) is 19.2. The van der Waals surface area contributed by atoms with Crippen molar-refractivity contribution in [3.63, 3.8) is 0 Å². The Labute approximate surface area is 305 Å². The van der Waals surface area contributed by atoms with Crippen molar-refractivity contribution < 1.29 is 19.4 Å². The van der Waals surface area contributed by atoms with Gasteiger partial charge in [0, 0.05) is 43.0 Å². The summed E-state index contributed by atoms with van der Waals surface area (Å²) in [5.74, 6) is -0.0954. The smallest absolute Gasteiger partial charge is 0.253 e. The van der Waals surface area contributed by atoms with Gasteiger partial charge in [0.15, 0.2) is 6.29 Å². The molecular weight excluding hydrogens is 647 g/mol. The van der Waals surface area contributed by atoms with Crippen LogP contribution in [0.3, 0.4) is 0 Å². The summed E-state index contributed by atoms with van der Waals surface area (Å²) in [6.45, 7) is 5.56. The monoisotopic (exact) mass is 691 g/mol. The molecule has 1 fully saturated rings. The van der Waals surface area contributed by atoms with Crippen LogP contribution in [0.5, 0.6) is 0 Å². The molecule has 7 nitrogen and oxygen atoms in total. The number of amides is 1. The van der Waals surface area contributed by atoms with Crippen molar-refractivity contribution in [3.05, 3.63) is 173 Å². The van der Waals surface area contributed by atoms with Crippen LogP contribution < -0.4 is 5.32 Å². The summed E-state index contributed by atoms with van der Waals surface area (Å²) >= 11 is 0. The zero-order chi connectivity index (χ0) is 36.0. The fraction of sp³-hybridized carbons (Fsp3) is 0.244. The lowest BCUT2D eigenvalue weighted by Crippen LogP contribution is -2.44. The molecule has 0 saturated carbocycles. The van der Waals surface area contributed by atoms with E-state index in [0.717, 1.165) is 39.9 Å². The molecule has 6 aromatic rings. The summed E-state index contributed by atoms with van der Waals surface area (Å²) in [5, 5.41) is 15.2. The number of rotatable bonds is 11. The Morgan fingerprint density at radius 1 is 0.846 bits per heavy atom. The molecule has 0 aliphatic carbocycles. The first-order chi connectivity index (χ1) is 25.4. The Balaban J connectivity index is 1.11. The van der Waals surface area contributed by atoms with Crippen molar-refractivity contribution in [2.75, 3.05) is 13.6 Å². The van der Waals surface area contributed by atoms with E-state index in [4.69, 9.17) is 9.47 Å². The summed E-state index contributed by atoms with van der Waals surface area (Å²) in [5.41, 5.74) is 7.76. The molecule has 1 aliphatic rings. The maximum absolute atomic E-state index is 12.7. The van der Waals surface area contributed by atoms with Crippen LogP contribution in [0.4, 0.5) is 0 Å². The molecule has 1 amide bonds. The van der Waals surface area contributed by atoms with Crippen LogP contribution >= 0.6 is 0 Å². The Morgan fingerprint density at radius 3 is 2.33 bits per heavy atom. The topological polar surface area (TPSA) is 83.9 Å². The Hall–Kier alpha value is -5.18. The maximum Gasteiger partial charge on any atom is 0.253 e. The summed E-state index contributed by atoms with van der Waals surface area (Å²) in [6, 6.07) is 43.3. The molecule has 5 atom stereocenters. The van der Waals surface area contributed by atoms with Crippen LogP contribution in [0.15, 0.2) is 140 Å². The maximum atomic E-state index is 12.7. The lowest BCUT2D eigenvalue weighted by atomic mass is 9.89. The van der Waals surface area contributed by atoms with Crippen LogP contribution in [-0.4, -0.2) is 40.6 Å². The molecule has 52 heavy (non-hydrogen) atoms. The molecule has 264 valence electrons. The second-order valence-electron chi connectivity index (χ2n) is 13.7. The van der Waals surface area contributed by atoms with Gasteiger partial charge in [0.25, 0.3) is 5.91 Å². The Bertz CT molecular complexity index is 2100. The number of aromatic nitrogens is 1. The van der Waals surface area contributed by atoms with E-state index in [1.165, 1.54) is 16.3 Å². The highest BCUT2D eigenvalue weighted by Gasteiger charge is 2.39. The van der Waals surface area contributed by atoms with Gasteiger partial charge >= 0.3 is 0 Å². The van der Waals surface area contributed by atoms with Crippen molar-refractivity contribution in [2.24, 2.45) is 5.92 Å². The van der Waals surface area contributed by atoms with E-state index in [9.17, 15) is 9.90 Å². The van der Waals surface area contributed by atoms with Gasteiger partial charge in [0.2, 0.25) is 0 Å². The van der Waals surface area contributed by atoms with Gasteiger partial charge < -0.3 is 19.9 Å². The Morgan fingerprint density at radius 2 is 1.58 bits per heavy atom. The van der Waals surface area contributed by atoms with Crippen LogP contribution in [-0.2, 0) is 22.6 Å². The van der Waals surface area contributed by atoms with E-state index in [1.54, 1.807) is 24.5 Å². The normalized spacial score (nSPS) is 19.4. The van der Waals surface area contributed by atoms with Crippen molar-refractivity contribution in [2.45, 2.75) is 51.5 Å². The highest BCUT2D eigenvalue weighted by molar-refractivity contribution is 5.93. The molecule has 0 radical (unpaired) electrons. The number of benzene rings is 5. The van der Waals surface area contributed by atoms with E-state index in [2.05, 4.69) is 121 Å². The average molecular weight is 692 g/mol. The van der Waals surface area contributed by atoms with Crippen molar-refractivity contribution in [3.8, 4) is 11.1 Å². The molecule has 1 aliphatic heterocycles. The number of carbonyl (C=O) groups excluding carboxylic acids is 1. The first-order valence-corrected chi connectivity index (χ1v) is 17.9. The van der Waals surface area contributed by atoms with Gasteiger partial charge in [-0.25, -0.2) is 0 Å². The average Bonchev–Trinajstić information content (AvgIpc) is 3.20. The molecule has 2 N–H and O–H groups in total. The number of ether oxygens (including phenoxy) is 2. The number of fused-ring (bicyclic) bond motifs is 1. The molecule has 7 rings (SSSR count). The van der Waals surface area contributed by atoms with Crippen molar-refractivity contribution >= 4 is 16.7 Å². The first kappa shape index (κ1) is 35.2. The summed E-state index contributed by atoms with van der Waals surface area (Å²) in [6.07, 6.45) is 2.33. The predicted molar refractivity (Wildman–Crippen MR) is 205 cm³/mol. The van der Waals surface area contributed by atoms with E-state index in [0.29, 0.717) is 12.1 Å². The van der Waals surface area contributed by atoms with Gasteiger partial charge in [0.05, 0.1) is 24.4 Å². The van der Waals surface area contributed by atoms with Crippen molar-refractivity contribution in [1.29, 1.82) is 0 Å². The highest BCUT2D eigenvalue weighted by Crippen LogP contribution is 2.42. The van der Waals surface area contributed by atoms with Crippen LogP contribution in [0.1, 0.15) is 70.5 Å². The fourth-order valence-corrected chi connectivity index (χ4v) is 7.04. The molecule has 5 aromatic carbocycles. The SMILES string of the molecule is CC1C(CN(C)C(C)c2ccc3ccccc3c2)OC(c2ccc(-c3ccccc3CNC(=O)c3cccnc3)cc2)OC1c1ccc(CO)cc1. The standard InChI is InChI=1S/C45H45N3O4/c1-30-42(28-48(3)31(2)37-23-18-33-9-4-5-10-38(33)25-37)51-45(52-43(30)35-16-14-32(29-49)15-17-35)36-21-19-34(20-22-36)41-13-7-6-11-39(41)27-47-44(50)40-12-8-24-46-26-40/h4-26,30-31,42-43,45,49H,27-29H2,1-3H3,(H,47,50). The van der Waals surface area contributed by atoms with Gasteiger partial charge in [-0.15, -0.1) is 0 Å². The van der Waals surface area contributed by atoms with E-state index in [-0.39, 0.29) is 36.7 Å². The molecule has 0 spiro atoms. The van der Waals surface area contributed by atoms with Crippen LogP contribution in [0, 0.1) is 5.92 Å². The van der Waals surface area contributed by atoms with E-state index < -0.39 is 6.29 Å². The number of likely N-dealkylation sites (N-methyl/N-ethyl adjacent to an activating group) is 1. The van der Waals surface area contributed by atoms with Gasteiger partial charge in [-0.05, 0) is 76.3 Å². The quantitative estimate of drug-likeness (QED) is 0.141. The fourth-order valence-electron chi connectivity index (χ4n) is 7.04. The van der Waals surface area contributed by atoms with Gasteiger partial charge in [-0.2, -0.15) is 0 Å². The van der Waals surface area contributed by atoms with Gasteiger partial charge in [-0.1, -0.05) is 116 Å². The lowest BCUT2D eigenvalue weighted by Gasteiger charge is -2.43. The second-order valence-corrected chi connectivity index (χ2v) is 13.7. The lowest BCUT2D eigenvalue weighted by molar-refractivity contribution is -0.276. The predicted octanol–water partition coefficient (Wildman–Crippen LogP) is 8.81. The number of aliphatic hydroxyl groups is 1. The molecule has 1 saturated heterocycles. The third kappa shape index (κ3) is 7.83. The highest BCUT2D eigenvalue weighted by atomic mass is 16.7. The van der Waals surface area contributed by atoms with Crippen LogP contribution in [0.25, 0.3) is 21.9 Å². The van der Waals surface area contributed by atoms with Gasteiger partial charge in [0.1, 0.15) is 0 Å². The number of nitrogens with zero attached hydrogens (tertiary/aromatic N) is 2. The third-order valence-corrected chi connectivity index (χ3v) is 10.4. The number of hydrogen-bond acceptors (Lipinski definition) is 6. The zero-order valence-electron chi connectivity index (χ0n) is 29.9. The molecule has 5 unspecified atom stereocenters. The van der Waals surface area contributed by atoms with Crippen LogP contribution in [0.2, 0.25) is 0 Å². The number of carbonyl (C=O) groups is 1. The number of pyridine rings is 1. The molecular formula is C45H45N3O4. The number of aliphatic hydroxyl groups excluding tert-OH is 1. The zero-order valence-corrected chi connectivity index (χ0v) is 29.9. The molecule has 1 aromatic heterocycles. The third-order valence-electron chi connectivity index (χ3n) is 10.4. The van der Waals surface area contributed by atoms with Gasteiger partial charge in [-0.3, -0.25) is 14.7 Å². The first-order valence-electron chi connectivity index (χ1n) is 17.9. The van der Waals surface area contributed by atoms with Crippen molar-refractivity contribution in [1.82, 2.24) is 15.2 Å². The summed E-state index contributed by atoms with van der Waals surface area (Å²) < 4.78 is 13.6. The molecule has 7 heteroatoms.